The molecule has 2 aromatic heterocycles. The molecule has 1 amide bonds. The molecule has 0 radical (unpaired) electrons. The third kappa shape index (κ3) is 3.20. The second-order valence-corrected chi connectivity index (χ2v) is 8.65. The summed E-state index contributed by atoms with van der Waals surface area (Å²) in [7, 11) is 1.57. The number of fused-ring (bicyclic) bond motifs is 2. The van der Waals surface area contributed by atoms with E-state index in [1.807, 2.05) is 18.0 Å². The van der Waals surface area contributed by atoms with E-state index < -0.39 is 0 Å². The third-order valence-electron chi connectivity index (χ3n) is 6.78. The standard InChI is InChI=1S/C22H28N6O2/c1-15-24-21(26-25-15)22-7-9-28(20(29)13-30-2)12-17(22)11-27(14-22)10-16-4-3-5-19-18(16)6-8-23-19/h3-6,8,17,23H,7,9-14H2,1-2H3,(H,24,25,26)/t17-,22+/m0/s1. The van der Waals surface area contributed by atoms with Gasteiger partial charge in [-0.1, -0.05) is 12.1 Å². The molecule has 1 aromatic carbocycles. The zero-order valence-corrected chi connectivity index (χ0v) is 17.5. The van der Waals surface area contributed by atoms with Crippen LogP contribution < -0.4 is 0 Å². The van der Waals surface area contributed by atoms with Crippen molar-refractivity contribution in [2.45, 2.75) is 25.3 Å². The third-order valence-corrected chi connectivity index (χ3v) is 6.78. The van der Waals surface area contributed by atoms with Crippen LogP contribution in [-0.2, 0) is 21.5 Å². The van der Waals surface area contributed by atoms with Gasteiger partial charge in [0.25, 0.3) is 0 Å². The Hall–Kier alpha value is -2.71. The maximum Gasteiger partial charge on any atom is 0.248 e. The minimum atomic E-state index is -0.124. The lowest BCUT2D eigenvalue weighted by Gasteiger charge is -2.41. The van der Waals surface area contributed by atoms with Crippen molar-refractivity contribution >= 4 is 16.8 Å². The number of hydrogen-bond acceptors (Lipinski definition) is 5. The van der Waals surface area contributed by atoms with Gasteiger partial charge >= 0.3 is 0 Å². The van der Waals surface area contributed by atoms with Gasteiger partial charge in [-0.25, -0.2) is 4.98 Å². The fourth-order valence-electron chi connectivity index (χ4n) is 5.31. The van der Waals surface area contributed by atoms with Crippen LogP contribution in [0.2, 0.25) is 0 Å². The van der Waals surface area contributed by atoms with E-state index >= 15 is 0 Å². The summed E-state index contributed by atoms with van der Waals surface area (Å²) in [6.45, 7) is 6.22. The minimum Gasteiger partial charge on any atom is -0.375 e. The molecule has 0 spiro atoms. The highest BCUT2D eigenvalue weighted by molar-refractivity contribution is 5.82. The van der Waals surface area contributed by atoms with E-state index in [4.69, 9.17) is 9.72 Å². The Morgan fingerprint density at radius 1 is 1.33 bits per heavy atom. The van der Waals surface area contributed by atoms with Crippen molar-refractivity contribution in [3.8, 4) is 0 Å². The molecular weight excluding hydrogens is 380 g/mol. The van der Waals surface area contributed by atoms with E-state index in [0.717, 1.165) is 44.2 Å². The molecule has 5 rings (SSSR count). The maximum atomic E-state index is 12.5. The van der Waals surface area contributed by atoms with E-state index in [-0.39, 0.29) is 17.9 Å². The van der Waals surface area contributed by atoms with E-state index in [1.54, 1.807) is 7.11 Å². The number of H-pyrrole nitrogens is 2. The average molecular weight is 409 g/mol. The lowest BCUT2D eigenvalue weighted by molar-refractivity contribution is -0.137. The summed E-state index contributed by atoms with van der Waals surface area (Å²) in [5.41, 5.74) is 2.36. The second kappa shape index (κ2) is 7.52. The van der Waals surface area contributed by atoms with Crippen LogP contribution in [0.1, 0.15) is 23.6 Å². The van der Waals surface area contributed by atoms with Gasteiger partial charge in [0.05, 0.1) is 5.41 Å². The van der Waals surface area contributed by atoms with Gasteiger partial charge in [0.2, 0.25) is 5.91 Å². The molecule has 2 aliphatic heterocycles. The Labute approximate surface area is 175 Å². The summed E-state index contributed by atoms with van der Waals surface area (Å²) in [6, 6.07) is 8.57. The number of aryl methyl sites for hydroxylation is 1. The molecule has 2 aliphatic rings. The largest absolute Gasteiger partial charge is 0.375 e. The van der Waals surface area contributed by atoms with Crippen LogP contribution >= 0.6 is 0 Å². The molecule has 0 aliphatic carbocycles. The zero-order chi connectivity index (χ0) is 20.7. The van der Waals surface area contributed by atoms with Gasteiger partial charge in [0.15, 0.2) is 5.82 Å². The first-order valence-electron chi connectivity index (χ1n) is 10.5. The Morgan fingerprint density at radius 2 is 2.23 bits per heavy atom. The van der Waals surface area contributed by atoms with Gasteiger partial charge in [-0.05, 0) is 31.0 Å². The molecule has 0 saturated carbocycles. The first-order valence-corrected chi connectivity index (χ1v) is 10.5. The van der Waals surface area contributed by atoms with Crippen LogP contribution in [0.4, 0.5) is 0 Å². The number of methoxy groups -OCH3 is 1. The number of carbonyl (C=O) groups is 1. The highest BCUT2D eigenvalue weighted by Crippen LogP contribution is 2.44. The number of likely N-dealkylation sites (tertiary alicyclic amines) is 2. The van der Waals surface area contributed by atoms with Gasteiger partial charge in [-0.2, -0.15) is 5.10 Å². The molecule has 2 saturated heterocycles. The molecule has 8 nitrogen and oxygen atoms in total. The lowest BCUT2D eigenvalue weighted by Crippen LogP contribution is -2.52. The van der Waals surface area contributed by atoms with E-state index in [2.05, 4.69) is 44.3 Å². The molecule has 3 aromatic rings. The molecule has 0 unspecified atom stereocenters. The Morgan fingerprint density at radius 3 is 3.03 bits per heavy atom. The number of rotatable bonds is 5. The predicted molar refractivity (Wildman–Crippen MR) is 113 cm³/mol. The SMILES string of the molecule is COCC(=O)N1CC[C@@]2(c3n[nH]c(C)n3)CN(Cc3cccc4[nH]ccc34)C[C@H]2C1. The van der Waals surface area contributed by atoms with Crippen molar-refractivity contribution in [1.29, 1.82) is 0 Å². The molecule has 4 heterocycles. The number of carbonyl (C=O) groups excluding carboxylic acids is 1. The van der Waals surface area contributed by atoms with Crippen molar-refractivity contribution in [3.05, 3.63) is 47.7 Å². The fourth-order valence-corrected chi connectivity index (χ4v) is 5.31. The second-order valence-electron chi connectivity index (χ2n) is 8.65. The van der Waals surface area contributed by atoms with Gasteiger partial charge in [-0.15, -0.1) is 0 Å². The summed E-state index contributed by atoms with van der Waals surface area (Å²) in [5, 5.41) is 8.87. The summed E-state index contributed by atoms with van der Waals surface area (Å²) < 4.78 is 5.08. The lowest BCUT2D eigenvalue weighted by atomic mass is 9.72. The summed E-state index contributed by atoms with van der Waals surface area (Å²) in [6.07, 6.45) is 2.87. The number of amides is 1. The van der Waals surface area contributed by atoms with Gasteiger partial charge in [0.1, 0.15) is 12.4 Å². The molecule has 2 N–H and O–H groups in total. The topological polar surface area (TPSA) is 90.1 Å². The predicted octanol–water partition coefficient (Wildman–Crippen LogP) is 1.84. The monoisotopic (exact) mass is 408 g/mol. The maximum absolute atomic E-state index is 12.5. The number of benzene rings is 1. The number of ether oxygens (including phenoxy) is 1. The highest BCUT2D eigenvalue weighted by Gasteiger charge is 2.53. The van der Waals surface area contributed by atoms with Crippen molar-refractivity contribution in [2.24, 2.45) is 5.92 Å². The van der Waals surface area contributed by atoms with Crippen molar-refractivity contribution in [1.82, 2.24) is 30.0 Å². The van der Waals surface area contributed by atoms with Crippen molar-refractivity contribution < 1.29 is 9.53 Å². The van der Waals surface area contributed by atoms with Gasteiger partial charge < -0.3 is 14.6 Å². The fraction of sp³-hybridized carbons (Fsp3) is 0.500. The first kappa shape index (κ1) is 19.3. The van der Waals surface area contributed by atoms with E-state index in [0.29, 0.717) is 12.5 Å². The van der Waals surface area contributed by atoms with Crippen LogP contribution in [0.3, 0.4) is 0 Å². The van der Waals surface area contributed by atoms with Crippen LogP contribution in [-0.4, -0.2) is 75.8 Å². The quantitative estimate of drug-likeness (QED) is 0.672. The van der Waals surface area contributed by atoms with Crippen molar-refractivity contribution in [2.75, 3.05) is 39.9 Å². The first-order chi connectivity index (χ1) is 14.6. The number of aromatic amines is 2. The molecule has 0 bridgehead atoms. The van der Waals surface area contributed by atoms with E-state index in [1.165, 1.54) is 16.5 Å². The smallest absolute Gasteiger partial charge is 0.248 e. The summed E-state index contributed by atoms with van der Waals surface area (Å²) in [4.78, 5) is 24.9. The van der Waals surface area contributed by atoms with Crippen LogP contribution in [0, 0.1) is 12.8 Å². The molecule has 158 valence electrons. The molecular formula is C22H28N6O2. The zero-order valence-electron chi connectivity index (χ0n) is 17.5. The normalized spacial score (nSPS) is 24.5. The van der Waals surface area contributed by atoms with Crippen LogP contribution in [0.25, 0.3) is 10.9 Å². The van der Waals surface area contributed by atoms with Crippen LogP contribution in [0.5, 0.6) is 0 Å². The van der Waals surface area contributed by atoms with Gasteiger partial charge in [-0.3, -0.25) is 14.8 Å². The molecule has 30 heavy (non-hydrogen) atoms. The Bertz CT molecular complexity index is 1060. The van der Waals surface area contributed by atoms with Gasteiger partial charge in [0, 0.05) is 62.9 Å². The van der Waals surface area contributed by atoms with Crippen LogP contribution in [0.15, 0.2) is 30.5 Å². The molecule has 2 fully saturated rings. The number of hydrogen-bond donors (Lipinski definition) is 2. The summed E-state index contributed by atoms with van der Waals surface area (Å²) >= 11 is 0. The summed E-state index contributed by atoms with van der Waals surface area (Å²) in [5.74, 6) is 2.10. The number of nitrogens with one attached hydrogen (secondary N) is 2. The van der Waals surface area contributed by atoms with E-state index in [9.17, 15) is 4.79 Å². The average Bonchev–Trinajstić information content (AvgIpc) is 3.46. The molecule has 8 heteroatoms. The minimum absolute atomic E-state index is 0.0628. The number of aromatic nitrogens is 4. The highest BCUT2D eigenvalue weighted by atomic mass is 16.5. The molecule has 2 atom stereocenters. The Balaban J connectivity index is 1.43. The Kier molecular flexibility index (Phi) is 4.83. The van der Waals surface area contributed by atoms with Crippen molar-refractivity contribution in [3.63, 3.8) is 0 Å². The number of piperidine rings is 1. The number of nitrogens with zero attached hydrogens (tertiary/aromatic N) is 4.